The lowest BCUT2D eigenvalue weighted by Gasteiger charge is -2.11. The number of hydrogen-bond acceptors (Lipinski definition) is 8. The molecule has 0 amide bonds. The first-order chi connectivity index (χ1) is 19.1. The fourth-order valence-corrected chi connectivity index (χ4v) is 3.68. The first-order valence-corrected chi connectivity index (χ1v) is 12.4. The smallest absolute Gasteiger partial charge is 0.320 e. The van der Waals surface area contributed by atoms with Crippen LogP contribution in [0.1, 0.15) is 32.1 Å². The number of carboxylic acids is 1. The summed E-state index contributed by atoms with van der Waals surface area (Å²) in [4.78, 5) is 42.9. The molecule has 0 saturated heterocycles. The van der Waals surface area contributed by atoms with Crippen LogP contribution in [0.5, 0.6) is 0 Å². The lowest BCUT2D eigenvalue weighted by atomic mass is 10.1. The van der Waals surface area contributed by atoms with Crippen molar-refractivity contribution < 1.29 is 24.6 Å². The molecule has 2 aromatic carbocycles. The molecule has 11 nitrogen and oxygen atoms in total. The lowest BCUT2D eigenvalue weighted by Crippen LogP contribution is -2.32. The molecule has 0 unspecified atom stereocenters. The first kappa shape index (κ1) is 29.7. The molecule has 0 aliphatic heterocycles. The van der Waals surface area contributed by atoms with Crippen molar-refractivity contribution in [1.82, 2.24) is 19.1 Å². The van der Waals surface area contributed by atoms with Gasteiger partial charge < -0.3 is 21.7 Å². The number of carbonyl (C=O) groups excluding carboxylic acids is 2. The Morgan fingerprint density at radius 3 is 1.95 bits per heavy atom. The number of aliphatic hydroxyl groups is 1. The van der Waals surface area contributed by atoms with Crippen molar-refractivity contribution in [3.8, 4) is 0 Å². The van der Waals surface area contributed by atoms with Gasteiger partial charge in [-0.15, -0.1) is 0 Å². The Hall–Kier alpha value is -4.87. The third kappa shape index (κ3) is 8.86. The maximum atomic E-state index is 12.2. The van der Waals surface area contributed by atoms with Crippen LogP contribution in [0.4, 0.5) is 0 Å². The maximum Gasteiger partial charge on any atom is 0.320 e. The van der Waals surface area contributed by atoms with Gasteiger partial charge >= 0.3 is 5.97 Å². The van der Waals surface area contributed by atoms with Crippen molar-refractivity contribution in [3.63, 3.8) is 0 Å². The number of rotatable bonds is 10. The number of aliphatic hydroxyl groups excluding tert-OH is 1. The van der Waals surface area contributed by atoms with E-state index < -0.39 is 18.1 Å². The molecular formula is C29H32N6O5. The molecule has 40 heavy (non-hydrogen) atoms. The van der Waals surface area contributed by atoms with Crippen LogP contribution < -0.4 is 11.5 Å². The highest BCUT2D eigenvalue weighted by atomic mass is 16.4. The van der Waals surface area contributed by atoms with Gasteiger partial charge in [0.05, 0.1) is 24.6 Å². The predicted octanol–water partition coefficient (Wildman–Crippen LogP) is 2.43. The quantitative estimate of drug-likeness (QED) is 0.218. The highest BCUT2D eigenvalue weighted by Gasteiger charge is 2.16. The zero-order valence-electron chi connectivity index (χ0n) is 21.8. The number of aromatic nitrogens is 4. The normalized spacial score (nSPS) is 12.1. The molecule has 11 heteroatoms. The Labute approximate surface area is 231 Å². The fourth-order valence-electron chi connectivity index (χ4n) is 3.68. The Morgan fingerprint density at radius 1 is 0.825 bits per heavy atom. The van der Waals surface area contributed by atoms with Crippen LogP contribution in [0.25, 0.3) is 0 Å². The zero-order chi connectivity index (χ0) is 29.1. The number of nitrogens with two attached hydrogens (primary N) is 2. The lowest BCUT2D eigenvalue weighted by molar-refractivity contribution is -0.138. The molecular weight excluding hydrogens is 512 g/mol. The predicted molar refractivity (Wildman–Crippen MR) is 149 cm³/mol. The van der Waals surface area contributed by atoms with Crippen LogP contribution in [-0.4, -0.2) is 59.2 Å². The van der Waals surface area contributed by atoms with Crippen molar-refractivity contribution in [2.45, 2.75) is 37.8 Å². The molecule has 2 atom stereocenters. The van der Waals surface area contributed by atoms with E-state index in [1.807, 2.05) is 60.7 Å². The van der Waals surface area contributed by atoms with E-state index >= 15 is 0 Å². The summed E-state index contributed by atoms with van der Waals surface area (Å²) in [5, 5.41) is 18.0. The molecule has 4 aromatic rings. The van der Waals surface area contributed by atoms with Gasteiger partial charge in [-0.2, -0.15) is 0 Å². The molecule has 0 saturated carbocycles. The monoisotopic (exact) mass is 544 g/mol. The summed E-state index contributed by atoms with van der Waals surface area (Å²) in [5.41, 5.74) is 14.1. The second kappa shape index (κ2) is 14.3. The van der Waals surface area contributed by atoms with Crippen molar-refractivity contribution >= 4 is 17.8 Å². The summed E-state index contributed by atoms with van der Waals surface area (Å²) in [6, 6.07) is 17.2. The number of hydrogen-bond donors (Lipinski definition) is 4. The van der Waals surface area contributed by atoms with E-state index in [-0.39, 0.29) is 30.4 Å². The van der Waals surface area contributed by atoms with E-state index in [0.29, 0.717) is 24.2 Å². The highest BCUT2D eigenvalue weighted by molar-refractivity contribution is 5.82. The van der Waals surface area contributed by atoms with Crippen LogP contribution in [0.2, 0.25) is 0 Å². The fraction of sp³-hybridized carbons (Fsp3) is 0.207. The number of imidazole rings is 2. The molecule has 0 aliphatic carbocycles. The average molecular weight is 545 g/mol. The Kier molecular flexibility index (Phi) is 10.6. The largest absolute Gasteiger partial charge is 0.511 e. The molecule has 0 spiro atoms. The van der Waals surface area contributed by atoms with Gasteiger partial charge in [0.25, 0.3) is 0 Å². The third-order valence-corrected chi connectivity index (χ3v) is 5.91. The number of aliphatic carboxylic acids is 1. The SMILES string of the molecule is C=C(O)[C@@H](N)Cc1cncn1C(=O)Cc1ccccc1.N[C@@H](Cc1cn(C(=O)Cc2ccccc2)cn1)C(=O)O. The minimum absolute atomic E-state index is 0.0838. The van der Waals surface area contributed by atoms with E-state index in [4.69, 9.17) is 16.6 Å². The van der Waals surface area contributed by atoms with E-state index in [0.717, 1.165) is 11.1 Å². The van der Waals surface area contributed by atoms with Gasteiger partial charge in [-0.25, -0.2) is 9.97 Å². The summed E-state index contributed by atoms with van der Waals surface area (Å²) in [5.74, 6) is -1.40. The number of nitrogens with zero attached hydrogens (tertiary/aromatic N) is 4. The van der Waals surface area contributed by atoms with Gasteiger partial charge in [0.15, 0.2) is 0 Å². The second-order valence-corrected chi connectivity index (χ2v) is 9.09. The number of benzene rings is 2. The van der Waals surface area contributed by atoms with Gasteiger partial charge in [0, 0.05) is 30.9 Å². The highest BCUT2D eigenvalue weighted by Crippen LogP contribution is 2.09. The summed E-state index contributed by atoms with van der Waals surface area (Å²) in [7, 11) is 0. The van der Waals surface area contributed by atoms with Gasteiger partial charge in [-0.1, -0.05) is 67.2 Å². The Morgan fingerprint density at radius 2 is 1.40 bits per heavy atom. The first-order valence-electron chi connectivity index (χ1n) is 12.4. The van der Waals surface area contributed by atoms with Crippen molar-refractivity contribution in [1.29, 1.82) is 0 Å². The molecule has 0 bridgehead atoms. The van der Waals surface area contributed by atoms with Crippen molar-refractivity contribution in [2.75, 3.05) is 0 Å². The molecule has 0 fully saturated rings. The zero-order valence-corrected chi connectivity index (χ0v) is 21.8. The summed E-state index contributed by atoms with van der Waals surface area (Å²) in [6.45, 7) is 3.39. The van der Waals surface area contributed by atoms with E-state index in [1.54, 1.807) is 6.20 Å². The van der Waals surface area contributed by atoms with Crippen molar-refractivity contribution in [3.05, 3.63) is 121 Å². The maximum absolute atomic E-state index is 12.2. The van der Waals surface area contributed by atoms with Gasteiger partial charge in [0.1, 0.15) is 24.5 Å². The minimum atomic E-state index is -1.09. The molecule has 0 radical (unpaired) electrons. The van der Waals surface area contributed by atoms with Crippen LogP contribution in [0, 0.1) is 0 Å². The van der Waals surface area contributed by atoms with E-state index in [1.165, 1.54) is 28.0 Å². The van der Waals surface area contributed by atoms with Gasteiger partial charge in [0.2, 0.25) is 11.8 Å². The van der Waals surface area contributed by atoms with Crippen LogP contribution >= 0.6 is 0 Å². The Bertz CT molecular complexity index is 1430. The van der Waals surface area contributed by atoms with E-state index in [9.17, 15) is 19.5 Å². The molecule has 0 aliphatic rings. The van der Waals surface area contributed by atoms with Crippen LogP contribution in [0.3, 0.4) is 0 Å². The van der Waals surface area contributed by atoms with Crippen molar-refractivity contribution in [2.24, 2.45) is 11.5 Å². The molecule has 6 N–H and O–H groups in total. The van der Waals surface area contributed by atoms with Crippen LogP contribution in [0.15, 0.2) is 98.1 Å². The number of carbonyl (C=O) groups is 3. The minimum Gasteiger partial charge on any atom is -0.511 e. The van der Waals surface area contributed by atoms with Crippen LogP contribution in [-0.2, 0) is 30.5 Å². The summed E-state index contributed by atoms with van der Waals surface area (Å²) in [6.07, 6.45) is 6.92. The molecule has 4 rings (SSSR count). The topological polar surface area (TPSA) is 179 Å². The van der Waals surface area contributed by atoms with Gasteiger partial charge in [-0.05, 0) is 11.1 Å². The summed E-state index contributed by atoms with van der Waals surface area (Å²) < 4.78 is 2.83. The number of carboxylic acid groups (broad SMARTS) is 1. The Balaban J connectivity index is 0.000000220. The molecule has 2 aromatic heterocycles. The van der Waals surface area contributed by atoms with E-state index in [2.05, 4.69) is 16.5 Å². The summed E-state index contributed by atoms with van der Waals surface area (Å²) >= 11 is 0. The second-order valence-electron chi connectivity index (χ2n) is 9.09. The third-order valence-electron chi connectivity index (χ3n) is 5.91. The molecule has 208 valence electrons. The standard InChI is InChI=1S/C15H17N3O2.C14H15N3O3/c1-11(19)14(16)8-13-9-17-10-18(13)15(20)7-12-5-3-2-4-6-12;15-12(14(19)20)7-11-8-17(9-16-11)13(18)6-10-4-2-1-3-5-10/h2-6,9-10,14,19H,1,7-8,16H2;1-5,8-9,12H,6-7,15H2,(H,19,20)/t14-;12-/m00/s1. The van der Waals surface area contributed by atoms with Gasteiger partial charge in [-0.3, -0.25) is 23.5 Å². The molecule has 2 heterocycles. The average Bonchev–Trinajstić information content (AvgIpc) is 3.60.